The van der Waals surface area contributed by atoms with Crippen molar-refractivity contribution in [2.24, 2.45) is 5.92 Å². The minimum Gasteiger partial charge on any atom is -0.355 e. The number of pyridine rings is 1. The number of amides is 2. The van der Waals surface area contributed by atoms with Crippen LogP contribution in [0.1, 0.15) is 36.2 Å². The summed E-state index contributed by atoms with van der Waals surface area (Å²) in [5.74, 6) is 0.962. The highest BCUT2D eigenvalue weighted by atomic mass is 16.2. The summed E-state index contributed by atoms with van der Waals surface area (Å²) in [7, 11) is 0. The zero-order chi connectivity index (χ0) is 20.1. The van der Waals surface area contributed by atoms with Crippen molar-refractivity contribution in [1.29, 1.82) is 0 Å². The molecule has 28 heavy (non-hydrogen) atoms. The Kier molecular flexibility index (Phi) is 6.29. The molecule has 0 spiro atoms. The average molecular weight is 380 g/mol. The average Bonchev–Trinajstić information content (AvgIpc) is 2.94. The van der Waals surface area contributed by atoms with Crippen molar-refractivity contribution in [3.63, 3.8) is 0 Å². The van der Waals surface area contributed by atoms with Crippen LogP contribution in [0.2, 0.25) is 0 Å². The second-order valence-corrected chi connectivity index (χ2v) is 7.55. The molecule has 2 amide bonds. The van der Waals surface area contributed by atoms with Gasteiger partial charge in [-0.3, -0.25) is 9.59 Å². The number of carbonyl (C=O) groups is 2. The van der Waals surface area contributed by atoms with Crippen LogP contribution in [0, 0.1) is 12.8 Å². The van der Waals surface area contributed by atoms with E-state index in [4.69, 9.17) is 0 Å². The minimum atomic E-state index is -0.146. The molecule has 2 aromatic rings. The van der Waals surface area contributed by atoms with Crippen molar-refractivity contribution in [2.75, 3.05) is 36.4 Å². The molecule has 0 aliphatic carbocycles. The van der Waals surface area contributed by atoms with E-state index in [1.807, 2.05) is 62.1 Å². The molecule has 6 nitrogen and oxygen atoms in total. The van der Waals surface area contributed by atoms with E-state index >= 15 is 0 Å². The highest BCUT2D eigenvalue weighted by Gasteiger charge is 2.21. The second kappa shape index (κ2) is 8.87. The zero-order valence-corrected chi connectivity index (χ0v) is 16.8. The van der Waals surface area contributed by atoms with Crippen molar-refractivity contribution in [3.05, 3.63) is 53.7 Å². The molecule has 3 rings (SSSR count). The molecule has 1 fully saturated rings. The van der Waals surface area contributed by atoms with Gasteiger partial charge in [-0.05, 0) is 37.6 Å². The fourth-order valence-electron chi connectivity index (χ4n) is 3.29. The lowest BCUT2D eigenvalue weighted by Gasteiger charge is -2.24. The van der Waals surface area contributed by atoms with E-state index in [0.717, 1.165) is 37.4 Å². The van der Waals surface area contributed by atoms with Gasteiger partial charge in [0.2, 0.25) is 5.91 Å². The maximum atomic E-state index is 12.3. The summed E-state index contributed by atoms with van der Waals surface area (Å²) < 4.78 is 0. The first kappa shape index (κ1) is 19.9. The third-order valence-electron chi connectivity index (χ3n) is 4.94. The van der Waals surface area contributed by atoms with Gasteiger partial charge in [0.15, 0.2) is 0 Å². The molecule has 0 saturated carbocycles. The summed E-state index contributed by atoms with van der Waals surface area (Å²) in [4.78, 5) is 33.2. The molecular formula is C22H28N4O2. The summed E-state index contributed by atoms with van der Waals surface area (Å²) >= 11 is 0. The second-order valence-electron chi connectivity index (χ2n) is 7.55. The molecule has 1 aliphatic heterocycles. The molecule has 1 N–H and O–H groups in total. The molecule has 0 unspecified atom stereocenters. The van der Waals surface area contributed by atoms with Crippen molar-refractivity contribution >= 4 is 23.3 Å². The summed E-state index contributed by atoms with van der Waals surface area (Å²) in [6, 6.07) is 11.3. The predicted octanol–water partition coefficient (Wildman–Crippen LogP) is 3.34. The first-order valence-electron chi connectivity index (χ1n) is 9.82. The van der Waals surface area contributed by atoms with Crippen molar-refractivity contribution < 1.29 is 9.59 Å². The Labute approximate surface area is 166 Å². The Hall–Kier alpha value is -2.89. The lowest BCUT2D eigenvalue weighted by atomic mass is 10.1. The fraction of sp³-hybridized carbons (Fsp3) is 0.409. The molecule has 1 aromatic carbocycles. The molecule has 0 bridgehead atoms. The number of aromatic nitrogens is 1. The van der Waals surface area contributed by atoms with Crippen molar-refractivity contribution in [3.8, 4) is 0 Å². The third kappa shape index (κ3) is 4.88. The number of rotatable bonds is 4. The predicted molar refractivity (Wildman–Crippen MR) is 112 cm³/mol. The van der Waals surface area contributed by atoms with Crippen LogP contribution in [-0.4, -0.2) is 47.9 Å². The molecule has 6 heteroatoms. The van der Waals surface area contributed by atoms with Crippen LogP contribution in [0.3, 0.4) is 0 Å². The van der Waals surface area contributed by atoms with E-state index < -0.39 is 0 Å². The Morgan fingerprint density at radius 1 is 1.00 bits per heavy atom. The largest absolute Gasteiger partial charge is 0.355 e. The maximum absolute atomic E-state index is 12.3. The van der Waals surface area contributed by atoms with Crippen LogP contribution in [-0.2, 0) is 4.79 Å². The lowest BCUT2D eigenvalue weighted by molar-refractivity contribution is -0.134. The SMILES string of the molecule is Cc1ccc(C(=O)Nc2ccc(N3CCCN(C(=O)C(C)C)CC3)nc2)cc1. The van der Waals surface area contributed by atoms with E-state index in [1.165, 1.54) is 0 Å². The van der Waals surface area contributed by atoms with Crippen LogP contribution in [0.4, 0.5) is 11.5 Å². The highest BCUT2D eigenvalue weighted by Crippen LogP contribution is 2.18. The highest BCUT2D eigenvalue weighted by molar-refractivity contribution is 6.04. The van der Waals surface area contributed by atoms with Gasteiger partial charge in [0.1, 0.15) is 5.82 Å². The van der Waals surface area contributed by atoms with Gasteiger partial charge in [-0.1, -0.05) is 31.5 Å². The van der Waals surface area contributed by atoms with Crippen molar-refractivity contribution in [1.82, 2.24) is 9.88 Å². The summed E-state index contributed by atoms with van der Waals surface area (Å²) in [6.07, 6.45) is 2.61. The Bertz CT molecular complexity index is 815. The van der Waals surface area contributed by atoms with E-state index in [1.54, 1.807) is 6.20 Å². The van der Waals surface area contributed by atoms with Gasteiger partial charge >= 0.3 is 0 Å². The molecule has 1 aromatic heterocycles. The van der Waals surface area contributed by atoms with E-state index in [-0.39, 0.29) is 17.7 Å². The monoisotopic (exact) mass is 380 g/mol. The number of nitrogens with zero attached hydrogens (tertiary/aromatic N) is 3. The number of carbonyl (C=O) groups excluding carboxylic acids is 2. The van der Waals surface area contributed by atoms with Gasteiger partial charge in [-0.2, -0.15) is 0 Å². The van der Waals surface area contributed by atoms with Crippen molar-refractivity contribution in [2.45, 2.75) is 27.2 Å². The van der Waals surface area contributed by atoms with Gasteiger partial charge in [-0.15, -0.1) is 0 Å². The molecule has 1 aliphatic rings. The maximum Gasteiger partial charge on any atom is 0.255 e. The Morgan fingerprint density at radius 3 is 2.39 bits per heavy atom. The van der Waals surface area contributed by atoms with E-state index in [2.05, 4.69) is 15.2 Å². The lowest BCUT2D eigenvalue weighted by Crippen LogP contribution is -2.37. The molecular weight excluding hydrogens is 352 g/mol. The molecule has 1 saturated heterocycles. The number of hydrogen-bond donors (Lipinski definition) is 1. The normalized spacial score (nSPS) is 14.7. The van der Waals surface area contributed by atoms with Crippen LogP contribution >= 0.6 is 0 Å². The molecule has 148 valence electrons. The van der Waals surface area contributed by atoms with Gasteiger partial charge in [0.25, 0.3) is 5.91 Å². The number of nitrogens with one attached hydrogen (secondary N) is 1. The topological polar surface area (TPSA) is 65.5 Å². The summed E-state index contributed by atoms with van der Waals surface area (Å²) in [5.41, 5.74) is 2.41. The van der Waals surface area contributed by atoms with Crippen LogP contribution < -0.4 is 10.2 Å². The van der Waals surface area contributed by atoms with Crippen LogP contribution in [0.25, 0.3) is 0 Å². The zero-order valence-electron chi connectivity index (χ0n) is 16.8. The standard InChI is InChI=1S/C22H28N4O2/c1-16(2)22(28)26-12-4-11-25(13-14-26)20-10-9-19(15-23-20)24-21(27)18-7-5-17(3)6-8-18/h5-10,15-16H,4,11-14H2,1-3H3,(H,24,27). The van der Waals surface area contributed by atoms with Crippen LogP contribution in [0.5, 0.6) is 0 Å². The quantitative estimate of drug-likeness (QED) is 0.884. The number of aryl methyl sites for hydroxylation is 1. The molecule has 2 heterocycles. The molecule has 0 atom stereocenters. The first-order valence-corrected chi connectivity index (χ1v) is 9.82. The number of benzene rings is 1. The van der Waals surface area contributed by atoms with Gasteiger partial charge in [0.05, 0.1) is 11.9 Å². The van der Waals surface area contributed by atoms with E-state index in [9.17, 15) is 9.59 Å². The van der Waals surface area contributed by atoms with E-state index in [0.29, 0.717) is 17.8 Å². The van der Waals surface area contributed by atoms with Gasteiger partial charge in [0, 0.05) is 37.7 Å². The summed E-state index contributed by atoms with van der Waals surface area (Å²) in [5, 5.41) is 2.88. The summed E-state index contributed by atoms with van der Waals surface area (Å²) in [6.45, 7) is 9.00. The molecule has 0 radical (unpaired) electrons. The third-order valence-corrected chi connectivity index (χ3v) is 4.94. The Morgan fingerprint density at radius 2 is 1.75 bits per heavy atom. The first-order chi connectivity index (χ1) is 13.4. The number of anilines is 2. The number of hydrogen-bond acceptors (Lipinski definition) is 4. The smallest absolute Gasteiger partial charge is 0.255 e. The van der Waals surface area contributed by atoms with Crippen LogP contribution in [0.15, 0.2) is 42.6 Å². The van der Waals surface area contributed by atoms with Gasteiger partial charge < -0.3 is 15.1 Å². The van der Waals surface area contributed by atoms with Gasteiger partial charge in [-0.25, -0.2) is 4.98 Å². The minimum absolute atomic E-state index is 0.0288. The Balaban J connectivity index is 1.60. The fourth-order valence-corrected chi connectivity index (χ4v) is 3.29.